The van der Waals surface area contributed by atoms with Crippen LogP contribution in [0.4, 0.5) is 0 Å². The van der Waals surface area contributed by atoms with E-state index in [4.69, 9.17) is 8.85 Å². The molecular formula is C25H50O4Si2. The Bertz CT molecular complexity index is 645. The molecule has 2 aliphatic carbocycles. The molecule has 0 amide bonds. The van der Waals surface area contributed by atoms with Crippen LogP contribution in [0, 0.1) is 5.41 Å². The lowest BCUT2D eigenvalue weighted by Crippen LogP contribution is -2.54. The van der Waals surface area contributed by atoms with E-state index in [-0.39, 0.29) is 21.6 Å². The summed E-state index contributed by atoms with van der Waals surface area (Å²) in [7, 11) is -3.72. The van der Waals surface area contributed by atoms with E-state index in [0.29, 0.717) is 6.42 Å². The van der Waals surface area contributed by atoms with Gasteiger partial charge >= 0.3 is 0 Å². The summed E-state index contributed by atoms with van der Waals surface area (Å²) in [6.45, 7) is 23.7. The molecule has 0 heterocycles. The van der Waals surface area contributed by atoms with Crippen molar-refractivity contribution in [3.8, 4) is 0 Å². The summed E-state index contributed by atoms with van der Waals surface area (Å²) < 4.78 is 13.5. The summed E-state index contributed by atoms with van der Waals surface area (Å²) in [6, 6.07) is 0. The Kier molecular flexibility index (Phi) is 8.21. The Labute approximate surface area is 194 Å². The minimum absolute atomic E-state index is 0.114. The number of hydrogen-bond acceptors (Lipinski definition) is 4. The monoisotopic (exact) mass is 470 g/mol. The van der Waals surface area contributed by atoms with Crippen molar-refractivity contribution in [2.75, 3.05) is 6.61 Å². The van der Waals surface area contributed by atoms with E-state index in [2.05, 4.69) is 67.7 Å². The number of fused-ring (bicyclic) bond motifs is 1. The standard InChI is InChI=1S/C25H50O4Si2/c1-23(2,3)30(7,8)28-16-12-15-25-18-21(27)20(26)17-19(25)13-11-14-22(25)29-31(9,10)24(4,5)6/h17,20-22,26-27H,11-16,18H2,1-10H3/t20?,21?,22?,25-/m0/s1. The van der Waals surface area contributed by atoms with E-state index < -0.39 is 28.8 Å². The van der Waals surface area contributed by atoms with Crippen LogP contribution in [0.5, 0.6) is 0 Å². The fraction of sp³-hybridized carbons (Fsp3) is 0.920. The lowest BCUT2D eigenvalue weighted by molar-refractivity contribution is -0.0518. The lowest BCUT2D eigenvalue weighted by atomic mass is 9.60. The van der Waals surface area contributed by atoms with Gasteiger partial charge < -0.3 is 19.1 Å². The molecule has 2 aliphatic rings. The van der Waals surface area contributed by atoms with Gasteiger partial charge in [0.15, 0.2) is 16.6 Å². The third-order valence-corrected chi connectivity index (χ3v) is 17.8. The Morgan fingerprint density at radius 1 is 1.00 bits per heavy atom. The van der Waals surface area contributed by atoms with Crippen molar-refractivity contribution >= 4 is 16.6 Å². The van der Waals surface area contributed by atoms with Crippen LogP contribution >= 0.6 is 0 Å². The Morgan fingerprint density at radius 3 is 2.13 bits per heavy atom. The minimum atomic E-state index is -1.95. The molecule has 1 fully saturated rings. The Hall–Kier alpha value is 0.0138. The van der Waals surface area contributed by atoms with E-state index in [9.17, 15) is 10.2 Å². The van der Waals surface area contributed by atoms with Gasteiger partial charge in [0.05, 0.1) is 18.3 Å². The van der Waals surface area contributed by atoms with Crippen LogP contribution in [-0.4, -0.2) is 51.8 Å². The molecule has 0 bridgehead atoms. The molecule has 31 heavy (non-hydrogen) atoms. The van der Waals surface area contributed by atoms with Crippen LogP contribution in [0.2, 0.25) is 36.3 Å². The molecule has 2 rings (SSSR count). The highest BCUT2D eigenvalue weighted by Crippen LogP contribution is 2.54. The minimum Gasteiger partial charge on any atom is -0.417 e. The van der Waals surface area contributed by atoms with Crippen LogP contribution in [0.15, 0.2) is 11.6 Å². The number of hydrogen-bond donors (Lipinski definition) is 2. The van der Waals surface area contributed by atoms with Crippen molar-refractivity contribution in [2.45, 2.75) is 135 Å². The number of rotatable bonds is 7. The zero-order valence-electron chi connectivity index (χ0n) is 22.0. The first-order valence-electron chi connectivity index (χ1n) is 12.3. The molecule has 4 nitrogen and oxygen atoms in total. The predicted molar refractivity (Wildman–Crippen MR) is 135 cm³/mol. The molecule has 0 aromatic rings. The quantitative estimate of drug-likeness (QED) is 0.257. The molecule has 0 aromatic carbocycles. The second kappa shape index (κ2) is 9.34. The van der Waals surface area contributed by atoms with Gasteiger partial charge in [0, 0.05) is 12.0 Å². The highest BCUT2D eigenvalue weighted by atomic mass is 28.4. The molecule has 6 heteroatoms. The zero-order chi connectivity index (χ0) is 23.9. The summed E-state index contributed by atoms with van der Waals surface area (Å²) in [6.07, 6.45) is 6.25. The molecule has 0 aliphatic heterocycles. The molecule has 3 unspecified atom stereocenters. The van der Waals surface area contributed by atoms with Gasteiger partial charge in [0.2, 0.25) is 0 Å². The molecule has 2 N–H and O–H groups in total. The molecule has 0 radical (unpaired) electrons. The first kappa shape index (κ1) is 27.3. The molecule has 182 valence electrons. The third-order valence-electron chi connectivity index (χ3n) is 8.79. The van der Waals surface area contributed by atoms with Crippen LogP contribution in [0.3, 0.4) is 0 Å². The number of aliphatic hydroxyl groups is 2. The third kappa shape index (κ3) is 5.93. The maximum Gasteiger partial charge on any atom is 0.192 e. The second-order valence-electron chi connectivity index (χ2n) is 13.1. The van der Waals surface area contributed by atoms with Crippen molar-refractivity contribution in [1.82, 2.24) is 0 Å². The molecule has 0 saturated heterocycles. The maximum atomic E-state index is 10.7. The van der Waals surface area contributed by atoms with E-state index in [1.165, 1.54) is 5.57 Å². The molecule has 0 aromatic heterocycles. The largest absolute Gasteiger partial charge is 0.417 e. The maximum absolute atomic E-state index is 10.7. The summed E-state index contributed by atoms with van der Waals surface area (Å²) in [5.74, 6) is 0. The van der Waals surface area contributed by atoms with Crippen LogP contribution in [0.25, 0.3) is 0 Å². The van der Waals surface area contributed by atoms with Crippen LogP contribution < -0.4 is 0 Å². The molecular weight excluding hydrogens is 420 g/mol. The number of aliphatic hydroxyl groups excluding tert-OH is 2. The van der Waals surface area contributed by atoms with Gasteiger partial charge in [-0.3, -0.25) is 0 Å². The SMILES string of the molecule is CC(C)(C)[Si](C)(C)OCCC[C@]12CC(O)C(O)C=C1CCCC2O[Si](C)(C)C(C)(C)C. The van der Waals surface area contributed by atoms with Gasteiger partial charge in [-0.05, 0) is 74.8 Å². The van der Waals surface area contributed by atoms with Crippen molar-refractivity contribution in [3.05, 3.63) is 11.6 Å². The van der Waals surface area contributed by atoms with Crippen molar-refractivity contribution in [2.24, 2.45) is 5.41 Å². The van der Waals surface area contributed by atoms with Gasteiger partial charge in [-0.2, -0.15) is 0 Å². The summed E-state index contributed by atoms with van der Waals surface area (Å²) in [4.78, 5) is 0. The van der Waals surface area contributed by atoms with Gasteiger partial charge in [-0.15, -0.1) is 0 Å². The normalized spacial score (nSPS) is 30.7. The topological polar surface area (TPSA) is 58.9 Å². The van der Waals surface area contributed by atoms with E-state index in [1.807, 2.05) is 6.08 Å². The Balaban J connectivity index is 2.25. The average molecular weight is 471 g/mol. The first-order valence-corrected chi connectivity index (χ1v) is 18.1. The molecule has 1 saturated carbocycles. The first-order chi connectivity index (χ1) is 13.9. The molecule has 4 atom stereocenters. The smallest absolute Gasteiger partial charge is 0.192 e. The fourth-order valence-corrected chi connectivity index (χ4v) is 7.09. The van der Waals surface area contributed by atoms with Gasteiger partial charge in [0.25, 0.3) is 0 Å². The highest BCUT2D eigenvalue weighted by Gasteiger charge is 2.52. The van der Waals surface area contributed by atoms with Gasteiger partial charge in [-0.1, -0.05) is 53.2 Å². The van der Waals surface area contributed by atoms with E-state index >= 15 is 0 Å². The van der Waals surface area contributed by atoms with Crippen LogP contribution in [-0.2, 0) is 8.85 Å². The van der Waals surface area contributed by atoms with Gasteiger partial charge in [0.1, 0.15) is 0 Å². The fourth-order valence-electron chi connectivity index (χ4n) is 4.59. The molecule has 0 spiro atoms. The summed E-state index contributed by atoms with van der Waals surface area (Å²) in [5.41, 5.74) is 1.14. The van der Waals surface area contributed by atoms with Crippen LogP contribution in [0.1, 0.15) is 80.1 Å². The average Bonchev–Trinajstić information content (AvgIpc) is 2.59. The predicted octanol–water partition coefficient (Wildman–Crippen LogP) is 6.40. The van der Waals surface area contributed by atoms with Crippen molar-refractivity contribution in [3.63, 3.8) is 0 Å². The van der Waals surface area contributed by atoms with Gasteiger partial charge in [-0.25, -0.2) is 0 Å². The second-order valence-corrected chi connectivity index (χ2v) is 22.6. The lowest BCUT2D eigenvalue weighted by Gasteiger charge is -2.53. The summed E-state index contributed by atoms with van der Waals surface area (Å²) in [5, 5.41) is 21.4. The van der Waals surface area contributed by atoms with Crippen molar-refractivity contribution in [1.29, 1.82) is 0 Å². The highest BCUT2D eigenvalue weighted by molar-refractivity contribution is 6.74. The van der Waals surface area contributed by atoms with Crippen molar-refractivity contribution < 1.29 is 19.1 Å². The summed E-state index contributed by atoms with van der Waals surface area (Å²) >= 11 is 0. The van der Waals surface area contributed by atoms with E-state index in [1.54, 1.807) is 0 Å². The Morgan fingerprint density at radius 2 is 1.58 bits per heavy atom. The van der Waals surface area contributed by atoms with E-state index in [0.717, 1.165) is 38.7 Å². The zero-order valence-corrected chi connectivity index (χ0v) is 24.0.